The normalized spacial score (nSPS) is 28.4. The minimum Gasteiger partial charge on any atom is -0.486 e. The highest BCUT2D eigenvalue weighted by atomic mass is 31.1. The number of hydrogen-bond acceptors (Lipinski definition) is 5. The molecule has 5 nitrogen and oxygen atoms in total. The van der Waals surface area contributed by atoms with Gasteiger partial charge in [-0.2, -0.15) is 0 Å². The molecule has 0 spiro atoms. The molecule has 20 heavy (non-hydrogen) atoms. The van der Waals surface area contributed by atoms with E-state index in [9.17, 15) is 4.57 Å². The highest BCUT2D eigenvalue weighted by Crippen LogP contribution is 2.37. The van der Waals surface area contributed by atoms with Gasteiger partial charge in [0.2, 0.25) is 6.29 Å². The Morgan fingerprint density at radius 1 is 1.25 bits per heavy atom. The molecule has 2 heterocycles. The Kier molecular flexibility index (Phi) is 4.01. The summed E-state index contributed by atoms with van der Waals surface area (Å²) >= 11 is 0. The monoisotopic (exact) mass is 294 g/mol. The van der Waals surface area contributed by atoms with E-state index in [2.05, 4.69) is 0 Å². The Morgan fingerprint density at radius 2 is 2.05 bits per heavy atom. The Labute approximate surface area is 118 Å². The van der Waals surface area contributed by atoms with Gasteiger partial charge in [0, 0.05) is 6.42 Å². The van der Waals surface area contributed by atoms with Crippen molar-refractivity contribution in [1.29, 1.82) is 0 Å². The van der Waals surface area contributed by atoms with E-state index < -0.39 is 0 Å². The van der Waals surface area contributed by atoms with Crippen LogP contribution in [0.25, 0.3) is 0 Å². The van der Waals surface area contributed by atoms with Crippen LogP contribution in [0.3, 0.4) is 0 Å². The molecule has 2 aliphatic rings. The Hall–Kier alpha value is -1.42. The van der Waals surface area contributed by atoms with Crippen molar-refractivity contribution < 1.29 is 23.3 Å². The van der Waals surface area contributed by atoms with Gasteiger partial charge in [-0.1, -0.05) is 30.3 Å². The van der Waals surface area contributed by atoms with E-state index in [1.807, 2.05) is 37.3 Å². The fraction of sp³-hybridized carbons (Fsp3) is 0.429. The predicted octanol–water partition coefficient (Wildman–Crippen LogP) is 2.82. The summed E-state index contributed by atoms with van der Waals surface area (Å²) < 4.78 is 32.5. The van der Waals surface area contributed by atoms with Crippen LogP contribution < -0.4 is 0 Å². The molecular formula is C14H15O5P. The van der Waals surface area contributed by atoms with E-state index in [1.165, 1.54) is 0 Å². The number of fused-ring (bicyclic) bond motifs is 1. The average molecular weight is 294 g/mol. The molecular weight excluding hydrogens is 279 g/mol. The zero-order valence-electron chi connectivity index (χ0n) is 11.0. The highest BCUT2D eigenvalue weighted by Gasteiger charge is 2.44. The molecule has 0 radical (unpaired) electrons. The van der Waals surface area contributed by atoms with Crippen LogP contribution in [0.5, 0.6) is 0 Å². The molecule has 106 valence electrons. The van der Waals surface area contributed by atoms with Crippen molar-refractivity contribution in [3.63, 3.8) is 0 Å². The van der Waals surface area contributed by atoms with Crippen LogP contribution in [-0.4, -0.2) is 25.1 Å². The molecule has 3 atom stereocenters. The zero-order valence-corrected chi connectivity index (χ0v) is 11.9. The molecule has 0 aliphatic carbocycles. The van der Waals surface area contributed by atoms with Gasteiger partial charge in [-0.15, -0.1) is 0 Å². The molecule has 1 fully saturated rings. The molecule has 1 saturated heterocycles. The van der Waals surface area contributed by atoms with Crippen LogP contribution in [0.1, 0.15) is 12.5 Å². The minimum absolute atomic E-state index is 0.118. The maximum Gasteiger partial charge on any atom is 0.327 e. The van der Waals surface area contributed by atoms with E-state index in [-0.39, 0.29) is 33.8 Å². The largest absolute Gasteiger partial charge is 0.486 e. The van der Waals surface area contributed by atoms with E-state index in [1.54, 1.807) is 0 Å². The lowest BCUT2D eigenvalue weighted by Gasteiger charge is -2.15. The fourth-order valence-corrected chi connectivity index (χ4v) is 2.61. The van der Waals surface area contributed by atoms with Gasteiger partial charge in [0.05, 0.1) is 0 Å². The van der Waals surface area contributed by atoms with Gasteiger partial charge in [0.15, 0.2) is 17.6 Å². The van der Waals surface area contributed by atoms with E-state index in [4.69, 9.17) is 18.7 Å². The summed E-state index contributed by atoms with van der Waals surface area (Å²) in [6, 6.07) is 10.0. The SMILES string of the molecule is C[C@@H]1OC(COP=O)=C2OC(Cc3ccccc3)OC21. The first-order valence-corrected chi connectivity index (χ1v) is 7.21. The van der Waals surface area contributed by atoms with Crippen molar-refractivity contribution in [3.8, 4) is 0 Å². The third kappa shape index (κ3) is 2.70. The second-order valence-electron chi connectivity index (χ2n) is 4.75. The molecule has 1 aromatic carbocycles. The molecule has 0 aromatic heterocycles. The van der Waals surface area contributed by atoms with Crippen LogP contribution >= 0.6 is 8.69 Å². The van der Waals surface area contributed by atoms with Crippen LogP contribution in [0.15, 0.2) is 41.9 Å². The molecule has 0 saturated carbocycles. The van der Waals surface area contributed by atoms with Crippen molar-refractivity contribution in [2.24, 2.45) is 0 Å². The fourth-order valence-electron chi connectivity index (χ4n) is 2.44. The highest BCUT2D eigenvalue weighted by molar-refractivity contribution is 7.17. The summed E-state index contributed by atoms with van der Waals surface area (Å²) in [6.45, 7) is 2.05. The molecule has 6 heteroatoms. The van der Waals surface area contributed by atoms with Crippen LogP contribution in [0, 0.1) is 0 Å². The molecule has 0 N–H and O–H groups in total. The van der Waals surface area contributed by atoms with Gasteiger partial charge in [0.25, 0.3) is 0 Å². The smallest absolute Gasteiger partial charge is 0.327 e. The van der Waals surface area contributed by atoms with Crippen molar-refractivity contribution >= 4 is 8.69 Å². The van der Waals surface area contributed by atoms with Gasteiger partial charge >= 0.3 is 8.69 Å². The van der Waals surface area contributed by atoms with Crippen LogP contribution in [0.4, 0.5) is 0 Å². The third-order valence-electron chi connectivity index (χ3n) is 3.34. The summed E-state index contributed by atoms with van der Waals surface area (Å²) in [5, 5.41) is 0. The summed E-state index contributed by atoms with van der Waals surface area (Å²) in [4.78, 5) is 0. The number of ether oxygens (including phenoxy) is 3. The third-order valence-corrected chi connectivity index (χ3v) is 3.57. The standard InChI is InChI=1S/C14H15O5P/c1-9-13-14(11(17-9)8-16-20-15)19-12(18-13)7-10-5-3-2-4-6-10/h2-6,9,12-13H,7-8H2,1H3/t9-,12?,13?/m0/s1. The topological polar surface area (TPSA) is 54.0 Å². The summed E-state index contributed by atoms with van der Waals surface area (Å²) in [6.07, 6.45) is 0.0449. The quantitative estimate of drug-likeness (QED) is 0.782. The first kappa shape index (κ1) is 13.6. The van der Waals surface area contributed by atoms with Crippen molar-refractivity contribution in [2.75, 3.05) is 6.61 Å². The molecule has 1 aromatic rings. The Bertz CT molecular complexity index is 516. The molecule has 2 unspecified atom stereocenters. The van der Waals surface area contributed by atoms with Crippen molar-refractivity contribution in [3.05, 3.63) is 47.4 Å². The van der Waals surface area contributed by atoms with Gasteiger partial charge in [0.1, 0.15) is 12.7 Å². The lowest BCUT2D eigenvalue weighted by molar-refractivity contribution is -0.0855. The summed E-state index contributed by atoms with van der Waals surface area (Å²) in [5.41, 5.74) is 1.16. The Morgan fingerprint density at radius 3 is 2.80 bits per heavy atom. The van der Waals surface area contributed by atoms with Crippen molar-refractivity contribution in [2.45, 2.75) is 31.8 Å². The first-order valence-electron chi connectivity index (χ1n) is 6.48. The van der Waals surface area contributed by atoms with E-state index in [0.717, 1.165) is 5.56 Å². The minimum atomic E-state index is -0.371. The van der Waals surface area contributed by atoms with Gasteiger partial charge in [-0.3, -0.25) is 4.52 Å². The average Bonchev–Trinajstić information content (AvgIpc) is 2.99. The zero-order chi connectivity index (χ0) is 13.9. The van der Waals surface area contributed by atoms with Crippen molar-refractivity contribution in [1.82, 2.24) is 0 Å². The van der Waals surface area contributed by atoms with Crippen LogP contribution in [-0.2, 0) is 29.7 Å². The molecule has 3 rings (SSSR count). The maximum absolute atomic E-state index is 10.4. The summed E-state index contributed by atoms with van der Waals surface area (Å²) in [7, 11) is -0.371. The van der Waals surface area contributed by atoms with Gasteiger partial charge in [-0.25, -0.2) is 4.57 Å². The second-order valence-corrected chi connectivity index (χ2v) is 5.16. The van der Waals surface area contributed by atoms with E-state index in [0.29, 0.717) is 17.9 Å². The molecule has 0 amide bonds. The van der Waals surface area contributed by atoms with E-state index >= 15 is 0 Å². The van der Waals surface area contributed by atoms with Gasteiger partial charge < -0.3 is 14.2 Å². The predicted molar refractivity (Wildman–Crippen MR) is 71.0 cm³/mol. The lowest BCUT2D eigenvalue weighted by Crippen LogP contribution is -2.23. The number of hydrogen-bond donors (Lipinski definition) is 0. The molecule has 0 bridgehead atoms. The maximum atomic E-state index is 10.4. The first-order chi connectivity index (χ1) is 9.78. The Balaban J connectivity index is 1.69. The second kappa shape index (κ2) is 5.92. The number of rotatable bonds is 5. The molecule has 2 aliphatic heterocycles. The summed E-state index contributed by atoms with van der Waals surface area (Å²) in [5.74, 6) is 1.24. The van der Waals surface area contributed by atoms with Crippen LogP contribution in [0.2, 0.25) is 0 Å². The van der Waals surface area contributed by atoms with Gasteiger partial charge in [-0.05, 0) is 12.5 Å². The number of benzene rings is 1. The lowest BCUT2D eigenvalue weighted by atomic mass is 10.1.